The Morgan fingerprint density at radius 3 is 2.31 bits per heavy atom. The maximum absolute atomic E-state index is 13.1. The molecule has 4 rings (SSSR count). The lowest BCUT2D eigenvalue weighted by Gasteiger charge is -2.40. The molecule has 1 aliphatic carbocycles. The van der Waals surface area contributed by atoms with Crippen LogP contribution >= 0.6 is 0 Å². The largest absolute Gasteiger partial charge is 0.433 e. The summed E-state index contributed by atoms with van der Waals surface area (Å²) < 4.78 is 44.7. The molecule has 0 radical (unpaired) electrons. The quantitative estimate of drug-likeness (QED) is 0.715. The summed E-state index contributed by atoms with van der Waals surface area (Å²) in [5.74, 6) is 0.429. The molecule has 0 unspecified atom stereocenters. The lowest BCUT2D eigenvalue weighted by atomic mass is 10.0. The first-order valence-corrected chi connectivity index (χ1v) is 10.7. The fourth-order valence-corrected chi connectivity index (χ4v) is 4.39. The van der Waals surface area contributed by atoms with Crippen molar-refractivity contribution in [1.82, 2.24) is 19.8 Å². The molecule has 3 fully saturated rings. The molecule has 0 spiro atoms. The van der Waals surface area contributed by atoms with E-state index in [9.17, 15) is 13.2 Å². The minimum absolute atomic E-state index is 0.251. The van der Waals surface area contributed by atoms with E-state index in [1.54, 1.807) is 0 Å². The molecule has 2 saturated heterocycles. The van der Waals surface area contributed by atoms with Crippen molar-refractivity contribution in [2.24, 2.45) is 0 Å². The summed E-state index contributed by atoms with van der Waals surface area (Å²) in [6.45, 7) is 7.84. The molecule has 0 aromatic carbocycles. The molecule has 162 valence electrons. The lowest BCUT2D eigenvalue weighted by Crippen LogP contribution is -2.48. The minimum atomic E-state index is -4.44. The first-order chi connectivity index (χ1) is 14.0. The number of likely N-dealkylation sites (tertiary alicyclic amines) is 1. The second-order valence-electron chi connectivity index (χ2n) is 8.28. The van der Waals surface area contributed by atoms with Gasteiger partial charge in [-0.3, -0.25) is 4.90 Å². The molecule has 3 heterocycles. The molecular formula is C20H30F3N5O. The second-order valence-corrected chi connectivity index (χ2v) is 8.28. The molecule has 1 aromatic rings. The number of aromatic nitrogens is 2. The number of piperidine rings is 1. The zero-order valence-corrected chi connectivity index (χ0v) is 16.8. The van der Waals surface area contributed by atoms with E-state index in [4.69, 9.17) is 4.74 Å². The maximum atomic E-state index is 13.1. The highest BCUT2D eigenvalue weighted by atomic mass is 19.4. The molecule has 3 aliphatic rings. The van der Waals surface area contributed by atoms with Crippen molar-refractivity contribution in [1.29, 1.82) is 0 Å². The van der Waals surface area contributed by atoms with E-state index < -0.39 is 11.9 Å². The van der Waals surface area contributed by atoms with Crippen molar-refractivity contribution in [3.05, 3.63) is 18.1 Å². The molecule has 1 saturated carbocycles. The van der Waals surface area contributed by atoms with Gasteiger partial charge in [-0.15, -0.1) is 0 Å². The summed E-state index contributed by atoms with van der Waals surface area (Å²) in [5.41, 5.74) is -0.855. The Hall–Kier alpha value is -1.45. The monoisotopic (exact) mass is 413 g/mol. The van der Waals surface area contributed by atoms with Gasteiger partial charge in [-0.25, -0.2) is 9.97 Å². The standard InChI is InChI=1S/C20H30F3N5O/c21-20(22,23)18-14-19(25-15-24-18)28(16-2-3-16)17-4-7-27(8-5-17)10-9-26-6-1-12-29-13-11-26/h14-17H,1-13H2. The third kappa shape index (κ3) is 5.58. The van der Waals surface area contributed by atoms with Gasteiger partial charge in [-0.05, 0) is 32.1 Å². The summed E-state index contributed by atoms with van der Waals surface area (Å²) in [5, 5.41) is 0. The van der Waals surface area contributed by atoms with Crippen LogP contribution in [0.15, 0.2) is 12.4 Å². The fourth-order valence-electron chi connectivity index (χ4n) is 4.39. The van der Waals surface area contributed by atoms with Gasteiger partial charge in [0, 0.05) is 64.0 Å². The van der Waals surface area contributed by atoms with E-state index in [0.29, 0.717) is 11.9 Å². The molecule has 0 amide bonds. The fraction of sp³-hybridized carbons (Fsp3) is 0.800. The first-order valence-electron chi connectivity index (χ1n) is 10.7. The lowest BCUT2D eigenvalue weighted by molar-refractivity contribution is -0.141. The average Bonchev–Trinajstić information content (AvgIpc) is 3.55. The van der Waals surface area contributed by atoms with Crippen LogP contribution in [0.2, 0.25) is 0 Å². The minimum Gasteiger partial charge on any atom is -0.380 e. The van der Waals surface area contributed by atoms with Crippen LogP contribution in [-0.4, -0.2) is 84.3 Å². The molecule has 6 nitrogen and oxygen atoms in total. The molecular weight excluding hydrogens is 383 g/mol. The molecule has 9 heteroatoms. The van der Waals surface area contributed by atoms with Gasteiger partial charge >= 0.3 is 6.18 Å². The van der Waals surface area contributed by atoms with Crippen LogP contribution < -0.4 is 4.90 Å². The topological polar surface area (TPSA) is 44.7 Å². The smallest absolute Gasteiger partial charge is 0.380 e. The number of rotatable bonds is 6. The zero-order valence-electron chi connectivity index (χ0n) is 16.8. The van der Waals surface area contributed by atoms with Gasteiger partial charge in [0.25, 0.3) is 0 Å². The molecule has 2 aliphatic heterocycles. The third-order valence-electron chi connectivity index (χ3n) is 6.15. The molecule has 0 N–H and O–H groups in total. The predicted octanol–water partition coefficient (Wildman–Crippen LogP) is 2.65. The van der Waals surface area contributed by atoms with Crippen LogP contribution in [0.3, 0.4) is 0 Å². The van der Waals surface area contributed by atoms with Crippen LogP contribution in [0, 0.1) is 0 Å². The summed E-state index contributed by atoms with van der Waals surface area (Å²) in [7, 11) is 0. The van der Waals surface area contributed by atoms with Crippen LogP contribution in [0.4, 0.5) is 19.0 Å². The number of alkyl halides is 3. The van der Waals surface area contributed by atoms with Crippen LogP contribution in [0.5, 0.6) is 0 Å². The predicted molar refractivity (Wildman–Crippen MR) is 104 cm³/mol. The number of halogens is 3. The Kier molecular flexibility index (Phi) is 6.56. The Labute approximate surface area is 170 Å². The average molecular weight is 413 g/mol. The van der Waals surface area contributed by atoms with E-state index in [1.807, 2.05) is 0 Å². The second kappa shape index (κ2) is 9.14. The number of ether oxygens (including phenoxy) is 1. The van der Waals surface area contributed by atoms with E-state index in [0.717, 1.165) is 97.0 Å². The van der Waals surface area contributed by atoms with E-state index in [-0.39, 0.29) is 6.04 Å². The molecule has 1 aromatic heterocycles. The third-order valence-corrected chi connectivity index (χ3v) is 6.15. The Bertz CT molecular complexity index is 654. The van der Waals surface area contributed by atoms with Crippen molar-refractivity contribution >= 4 is 5.82 Å². The maximum Gasteiger partial charge on any atom is 0.433 e. The van der Waals surface area contributed by atoms with E-state index >= 15 is 0 Å². The van der Waals surface area contributed by atoms with Crippen LogP contribution in [0.1, 0.15) is 37.8 Å². The Morgan fingerprint density at radius 1 is 0.931 bits per heavy atom. The Morgan fingerprint density at radius 2 is 1.62 bits per heavy atom. The number of nitrogens with zero attached hydrogens (tertiary/aromatic N) is 5. The van der Waals surface area contributed by atoms with Crippen molar-refractivity contribution in [3.8, 4) is 0 Å². The first kappa shape index (κ1) is 20.8. The van der Waals surface area contributed by atoms with Crippen molar-refractivity contribution in [2.45, 2.75) is 50.4 Å². The van der Waals surface area contributed by atoms with Gasteiger partial charge in [0.1, 0.15) is 17.8 Å². The van der Waals surface area contributed by atoms with Crippen LogP contribution in [-0.2, 0) is 10.9 Å². The molecule has 29 heavy (non-hydrogen) atoms. The molecule has 0 atom stereocenters. The highest BCUT2D eigenvalue weighted by molar-refractivity contribution is 5.44. The summed E-state index contributed by atoms with van der Waals surface area (Å²) in [6, 6.07) is 1.69. The van der Waals surface area contributed by atoms with Gasteiger partial charge in [0.05, 0.1) is 6.61 Å². The Balaban J connectivity index is 1.33. The van der Waals surface area contributed by atoms with E-state index in [1.165, 1.54) is 0 Å². The van der Waals surface area contributed by atoms with Gasteiger partial charge in [0.15, 0.2) is 0 Å². The van der Waals surface area contributed by atoms with Gasteiger partial charge < -0.3 is 14.5 Å². The van der Waals surface area contributed by atoms with Crippen LogP contribution in [0.25, 0.3) is 0 Å². The summed E-state index contributed by atoms with van der Waals surface area (Å²) >= 11 is 0. The number of anilines is 1. The van der Waals surface area contributed by atoms with Crippen molar-refractivity contribution < 1.29 is 17.9 Å². The summed E-state index contributed by atoms with van der Waals surface area (Å²) in [4.78, 5) is 14.7. The van der Waals surface area contributed by atoms with Gasteiger partial charge in [-0.2, -0.15) is 13.2 Å². The number of hydrogen-bond donors (Lipinski definition) is 0. The normalized spacial score (nSPS) is 23.1. The van der Waals surface area contributed by atoms with Gasteiger partial charge in [-0.1, -0.05) is 0 Å². The van der Waals surface area contributed by atoms with Crippen molar-refractivity contribution in [2.75, 3.05) is 57.4 Å². The summed E-state index contributed by atoms with van der Waals surface area (Å²) in [6.07, 6.45) is 1.70. The van der Waals surface area contributed by atoms with E-state index in [2.05, 4.69) is 24.7 Å². The highest BCUT2D eigenvalue weighted by Gasteiger charge is 2.38. The van der Waals surface area contributed by atoms with Gasteiger partial charge in [0.2, 0.25) is 0 Å². The molecule has 0 bridgehead atoms. The zero-order chi connectivity index (χ0) is 20.3. The highest BCUT2D eigenvalue weighted by Crippen LogP contribution is 2.37. The SMILES string of the molecule is FC(F)(F)c1cc(N(C2CC2)C2CCN(CCN3CCCOCC3)CC2)ncn1. The van der Waals surface area contributed by atoms with Crippen molar-refractivity contribution in [3.63, 3.8) is 0 Å². The number of hydrogen-bond acceptors (Lipinski definition) is 6.